The van der Waals surface area contributed by atoms with Gasteiger partial charge >= 0.3 is 0 Å². The summed E-state index contributed by atoms with van der Waals surface area (Å²) in [6, 6.07) is 6.98. The van der Waals surface area contributed by atoms with Gasteiger partial charge in [0.05, 0.1) is 11.0 Å². The Morgan fingerprint density at radius 3 is 2.86 bits per heavy atom. The van der Waals surface area contributed by atoms with Crippen molar-refractivity contribution in [2.75, 3.05) is 19.1 Å². The fraction of sp³-hybridized carbons (Fsp3) is 0.588. The quantitative estimate of drug-likeness (QED) is 0.795. The van der Waals surface area contributed by atoms with Crippen molar-refractivity contribution in [2.24, 2.45) is 5.92 Å². The zero-order valence-corrected chi connectivity index (χ0v) is 13.6. The van der Waals surface area contributed by atoms with Gasteiger partial charge in [-0.1, -0.05) is 6.07 Å². The minimum Gasteiger partial charge on any atom is -0.381 e. The largest absolute Gasteiger partial charge is 0.381 e. The van der Waals surface area contributed by atoms with Gasteiger partial charge in [0.25, 0.3) is 0 Å². The predicted octanol–water partition coefficient (Wildman–Crippen LogP) is 4.11. The molecule has 0 radical (unpaired) electrons. The van der Waals surface area contributed by atoms with Crippen LogP contribution in [0.1, 0.15) is 37.2 Å². The molecule has 1 aliphatic rings. The Morgan fingerprint density at radius 1 is 1.38 bits per heavy atom. The zero-order valence-electron chi connectivity index (χ0n) is 12.8. The molecular weight excluding hydrogens is 284 g/mol. The SMILES string of the molecule is Cc1ccc2c(c1)nc(CCCl)n2C(C)C1CCOCC1. The summed E-state index contributed by atoms with van der Waals surface area (Å²) in [7, 11) is 0. The second-order valence-electron chi connectivity index (χ2n) is 6.02. The third-order valence-corrected chi connectivity index (χ3v) is 4.78. The molecule has 0 amide bonds. The van der Waals surface area contributed by atoms with Crippen molar-refractivity contribution in [3.05, 3.63) is 29.6 Å². The van der Waals surface area contributed by atoms with Gasteiger partial charge in [-0.3, -0.25) is 0 Å². The van der Waals surface area contributed by atoms with E-state index in [1.807, 2.05) is 0 Å². The van der Waals surface area contributed by atoms with Gasteiger partial charge < -0.3 is 9.30 Å². The van der Waals surface area contributed by atoms with Crippen LogP contribution in [-0.4, -0.2) is 28.6 Å². The van der Waals surface area contributed by atoms with Crippen LogP contribution < -0.4 is 0 Å². The molecule has 0 saturated carbocycles. The highest BCUT2D eigenvalue weighted by molar-refractivity contribution is 6.17. The van der Waals surface area contributed by atoms with E-state index in [2.05, 4.69) is 36.6 Å². The number of nitrogens with zero attached hydrogens (tertiary/aromatic N) is 2. The van der Waals surface area contributed by atoms with Gasteiger partial charge in [0.2, 0.25) is 0 Å². The van der Waals surface area contributed by atoms with Crippen LogP contribution >= 0.6 is 11.6 Å². The Morgan fingerprint density at radius 2 is 2.14 bits per heavy atom. The van der Waals surface area contributed by atoms with Crippen LogP contribution in [0.15, 0.2) is 18.2 Å². The lowest BCUT2D eigenvalue weighted by molar-refractivity contribution is 0.0515. The Kier molecular flexibility index (Phi) is 4.51. The topological polar surface area (TPSA) is 27.1 Å². The van der Waals surface area contributed by atoms with Gasteiger partial charge in [-0.2, -0.15) is 0 Å². The number of fused-ring (bicyclic) bond motifs is 1. The van der Waals surface area contributed by atoms with Crippen LogP contribution in [0.25, 0.3) is 11.0 Å². The van der Waals surface area contributed by atoms with Crippen molar-refractivity contribution in [3.8, 4) is 0 Å². The third kappa shape index (κ3) is 2.95. The molecule has 0 N–H and O–H groups in total. The normalized spacial score (nSPS) is 18.2. The summed E-state index contributed by atoms with van der Waals surface area (Å²) in [5, 5.41) is 0. The molecule has 0 aliphatic carbocycles. The van der Waals surface area contributed by atoms with E-state index in [4.69, 9.17) is 21.3 Å². The molecule has 0 spiro atoms. The average Bonchev–Trinajstić information content (AvgIpc) is 2.85. The first-order valence-corrected chi connectivity index (χ1v) is 8.35. The van der Waals surface area contributed by atoms with Gasteiger partial charge in [-0.15, -0.1) is 11.6 Å². The number of hydrogen-bond donors (Lipinski definition) is 0. The third-order valence-electron chi connectivity index (χ3n) is 4.59. The van der Waals surface area contributed by atoms with E-state index in [-0.39, 0.29) is 0 Å². The molecule has 3 nitrogen and oxygen atoms in total. The second-order valence-corrected chi connectivity index (χ2v) is 6.40. The Bertz CT molecular complexity index is 617. The molecule has 1 aliphatic heterocycles. The fourth-order valence-electron chi connectivity index (χ4n) is 3.38. The first kappa shape index (κ1) is 14.9. The molecule has 114 valence electrons. The molecule has 1 aromatic heterocycles. The molecule has 4 heteroatoms. The molecule has 21 heavy (non-hydrogen) atoms. The van der Waals surface area contributed by atoms with E-state index in [1.165, 1.54) is 11.1 Å². The molecule has 1 atom stereocenters. The van der Waals surface area contributed by atoms with E-state index < -0.39 is 0 Å². The van der Waals surface area contributed by atoms with Gasteiger partial charge in [0.1, 0.15) is 5.82 Å². The average molecular weight is 307 g/mol. The number of benzene rings is 1. The lowest BCUT2D eigenvalue weighted by atomic mass is 9.92. The summed E-state index contributed by atoms with van der Waals surface area (Å²) in [5.41, 5.74) is 3.58. The molecule has 1 fully saturated rings. The van der Waals surface area contributed by atoms with Crippen molar-refractivity contribution in [3.63, 3.8) is 0 Å². The summed E-state index contributed by atoms with van der Waals surface area (Å²) >= 11 is 5.98. The zero-order chi connectivity index (χ0) is 14.8. The lowest BCUT2D eigenvalue weighted by Crippen LogP contribution is -2.25. The number of aromatic nitrogens is 2. The molecule has 3 rings (SSSR count). The van der Waals surface area contributed by atoms with Gasteiger partial charge in [0, 0.05) is 31.6 Å². The van der Waals surface area contributed by atoms with Crippen LogP contribution in [0.5, 0.6) is 0 Å². The number of aryl methyl sites for hydroxylation is 2. The Balaban J connectivity index is 2.03. The van der Waals surface area contributed by atoms with Gasteiger partial charge in [-0.25, -0.2) is 4.98 Å². The number of ether oxygens (including phenoxy) is 1. The molecule has 1 aromatic carbocycles. The lowest BCUT2D eigenvalue weighted by Gasteiger charge is -2.30. The van der Waals surface area contributed by atoms with Crippen molar-refractivity contribution in [1.82, 2.24) is 9.55 Å². The standard InChI is InChI=1S/C17H23ClN2O/c1-12-3-4-16-15(11-12)19-17(5-8-18)20(16)13(2)14-6-9-21-10-7-14/h3-4,11,13-14H,5-10H2,1-2H3. The highest BCUT2D eigenvalue weighted by Gasteiger charge is 2.25. The summed E-state index contributed by atoms with van der Waals surface area (Å²) in [6.45, 7) is 6.19. The minimum atomic E-state index is 0.444. The maximum absolute atomic E-state index is 5.98. The van der Waals surface area contributed by atoms with Crippen molar-refractivity contribution in [2.45, 2.75) is 39.2 Å². The first-order valence-electron chi connectivity index (χ1n) is 7.82. The van der Waals surface area contributed by atoms with Crippen LogP contribution in [0, 0.1) is 12.8 Å². The highest BCUT2D eigenvalue weighted by atomic mass is 35.5. The fourth-order valence-corrected chi connectivity index (χ4v) is 3.55. The number of rotatable bonds is 4. The van der Waals surface area contributed by atoms with E-state index in [1.54, 1.807) is 0 Å². The second kappa shape index (κ2) is 6.37. The molecule has 1 unspecified atom stereocenters. The van der Waals surface area contributed by atoms with E-state index in [0.29, 0.717) is 17.8 Å². The Labute approximate surface area is 131 Å². The molecule has 2 heterocycles. The maximum atomic E-state index is 5.98. The minimum absolute atomic E-state index is 0.444. The van der Waals surface area contributed by atoms with Crippen molar-refractivity contribution >= 4 is 22.6 Å². The van der Waals surface area contributed by atoms with E-state index in [0.717, 1.165) is 43.8 Å². The number of hydrogen-bond acceptors (Lipinski definition) is 2. The van der Waals surface area contributed by atoms with Crippen LogP contribution in [0.2, 0.25) is 0 Å². The maximum Gasteiger partial charge on any atom is 0.111 e. The summed E-state index contributed by atoms with van der Waals surface area (Å²) in [5.74, 6) is 2.39. The first-order chi connectivity index (χ1) is 10.2. The molecule has 2 aromatic rings. The summed E-state index contributed by atoms with van der Waals surface area (Å²) < 4.78 is 7.91. The predicted molar refractivity (Wildman–Crippen MR) is 87.1 cm³/mol. The van der Waals surface area contributed by atoms with Crippen molar-refractivity contribution < 1.29 is 4.74 Å². The monoisotopic (exact) mass is 306 g/mol. The smallest absolute Gasteiger partial charge is 0.111 e. The highest BCUT2D eigenvalue weighted by Crippen LogP contribution is 2.32. The number of imidazole rings is 1. The number of alkyl halides is 1. The van der Waals surface area contributed by atoms with Crippen LogP contribution in [0.3, 0.4) is 0 Å². The summed E-state index contributed by atoms with van der Waals surface area (Å²) in [4.78, 5) is 4.83. The van der Waals surface area contributed by atoms with E-state index >= 15 is 0 Å². The molecule has 1 saturated heterocycles. The summed E-state index contributed by atoms with van der Waals surface area (Å²) in [6.07, 6.45) is 3.09. The van der Waals surface area contributed by atoms with Crippen LogP contribution in [0.4, 0.5) is 0 Å². The van der Waals surface area contributed by atoms with Crippen LogP contribution in [-0.2, 0) is 11.2 Å². The van der Waals surface area contributed by atoms with Crippen molar-refractivity contribution in [1.29, 1.82) is 0 Å². The van der Waals surface area contributed by atoms with Gasteiger partial charge in [0.15, 0.2) is 0 Å². The molecular formula is C17H23ClN2O. The number of halogens is 1. The Hall–Kier alpha value is -1.06. The van der Waals surface area contributed by atoms with E-state index in [9.17, 15) is 0 Å². The molecule has 0 bridgehead atoms. The van der Waals surface area contributed by atoms with Gasteiger partial charge in [-0.05, 0) is 50.3 Å².